The molecule has 0 spiro atoms. The fourth-order valence-electron chi connectivity index (χ4n) is 3.60. The zero-order valence-corrected chi connectivity index (χ0v) is 15.2. The van der Waals surface area contributed by atoms with Crippen LogP contribution in [0.4, 0.5) is 0 Å². The van der Waals surface area contributed by atoms with Gasteiger partial charge in [0.15, 0.2) is 0 Å². The van der Waals surface area contributed by atoms with E-state index in [2.05, 4.69) is 61.8 Å². The Morgan fingerprint density at radius 2 is 2.25 bits per heavy atom. The maximum atomic E-state index is 5.57. The van der Waals surface area contributed by atoms with E-state index in [1.165, 1.54) is 21.2 Å². The Hall–Kier alpha value is -1.85. The Balaban J connectivity index is 1.45. The minimum absolute atomic E-state index is 0.364. The lowest BCUT2D eigenvalue weighted by Crippen LogP contribution is -2.22. The minimum Gasteiger partial charge on any atom is -0.496 e. The summed E-state index contributed by atoms with van der Waals surface area (Å²) < 4.78 is 6.76. The fraction of sp³-hybridized carbons (Fsp3) is 0.316. The molecule has 24 heavy (non-hydrogen) atoms. The summed E-state index contributed by atoms with van der Waals surface area (Å²) in [5, 5.41) is 12.0. The van der Waals surface area contributed by atoms with E-state index < -0.39 is 0 Å². The second-order valence-corrected chi connectivity index (χ2v) is 7.08. The number of aromatic amines is 1. The van der Waals surface area contributed by atoms with Crippen molar-refractivity contribution in [1.29, 1.82) is 0 Å². The molecule has 4 rings (SSSR count). The van der Waals surface area contributed by atoms with Crippen LogP contribution in [0.3, 0.4) is 0 Å². The molecule has 0 fully saturated rings. The van der Waals surface area contributed by atoms with Crippen molar-refractivity contribution in [2.75, 3.05) is 13.7 Å². The van der Waals surface area contributed by atoms with Crippen molar-refractivity contribution in [1.82, 2.24) is 15.5 Å². The summed E-state index contributed by atoms with van der Waals surface area (Å²) in [6, 6.07) is 11.0. The number of methoxy groups -OCH3 is 1. The van der Waals surface area contributed by atoms with Gasteiger partial charge in [-0.25, -0.2) is 0 Å². The molecule has 4 nitrogen and oxygen atoms in total. The quantitative estimate of drug-likeness (QED) is 0.693. The number of hydrogen-bond acceptors (Lipinski definition) is 3. The van der Waals surface area contributed by atoms with E-state index in [9.17, 15) is 0 Å². The Bertz CT molecular complexity index is 874. The topological polar surface area (TPSA) is 49.9 Å². The number of H-pyrrole nitrogens is 1. The lowest BCUT2D eigenvalue weighted by atomic mass is 10.1. The average molecular weight is 386 g/mol. The van der Waals surface area contributed by atoms with Crippen LogP contribution in [0.1, 0.15) is 29.2 Å². The average Bonchev–Trinajstić information content (AvgIpc) is 3.22. The number of hydrogen-bond donors (Lipinski definition) is 2. The van der Waals surface area contributed by atoms with E-state index in [0.29, 0.717) is 6.04 Å². The van der Waals surface area contributed by atoms with Gasteiger partial charge in [0.2, 0.25) is 0 Å². The highest BCUT2D eigenvalue weighted by molar-refractivity contribution is 9.10. The number of halogens is 1. The third kappa shape index (κ3) is 2.82. The molecular weight excluding hydrogens is 366 g/mol. The molecule has 0 radical (unpaired) electrons. The van der Waals surface area contributed by atoms with Gasteiger partial charge in [-0.15, -0.1) is 0 Å². The summed E-state index contributed by atoms with van der Waals surface area (Å²) >= 11 is 3.67. The molecule has 0 saturated heterocycles. The van der Waals surface area contributed by atoms with Gasteiger partial charge in [0.1, 0.15) is 5.75 Å². The Kier molecular flexibility index (Phi) is 4.29. The monoisotopic (exact) mass is 385 g/mol. The van der Waals surface area contributed by atoms with E-state index in [-0.39, 0.29) is 0 Å². The molecule has 1 unspecified atom stereocenters. The fourth-order valence-corrected chi connectivity index (χ4v) is 4.14. The number of fused-ring (bicyclic) bond motifs is 2. The van der Waals surface area contributed by atoms with Crippen LogP contribution >= 0.6 is 15.9 Å². The number of nitrogens with zero attached hydrogens (tertiary/aromatic N) is 1. The predicted molar refractivity (Wildman–Crippen MR) is 99.6 cm³/mol. The second-order valence-electron chi connectivity index (χ2n) is 6.23. The molecular formula is C19H20BrN3O. The van der Waals surface area contributed by atoms with Gasteiger partial charge in [0.05, 0.1) is 18.8 Å². The van der Waals surface area contributed by atoms with Gasteiger partial charge < -0.3 is 10.1 Å². The van der Waals surface area contributed by atoms with Gasteiger partial charge in [0, 0.05) is 21.5 Å². The molecule has 124 valence electrons. The van der Waals surface area contributed by atoms with Crippen LogP contribution in [0.25, 0.3) is 10.9 Å². The molecule has 1 aliphatic carbocycles. The van der Waals surface area contributed by atoms with Gasteiger partial charge in [-0.2, -0.15) is 5.10 Å². The third-order valence-electron chi connectivity index (χ3n) is 4.82. The van der Waals surface area contributed by atoms with Crippen molar-refractivity contribution in [2.24, 2.45) is 0 Å². The van der Waals surface area contributed by atoms with Gasteiger partial charge >= 0.3 is 0 Å². The lowest BCUT2D eigenvalue weighted by Gasteiger charge is -2.17. The summed E-state index contributed by atoms with van der Waals surface area (Å²) in [4.78, 5) is 0. The Morgan fingerprint density at radius 1 is 1.33 bits per heavy atom. The number of ether oxygens (including phenoxy) is 1. The smallest absolute Gasteiger partial charge is 0.123 e. The first-order valence-electron chi connectivity index (χ1n) is 8.27. The van der Waals surface area contributed by atoms with Crippen LogP contribution in [-0.2, 0) is 12.8 Å². The number of rotatable bonds is 5. The van der Waals surface area contributed by atoms with E-state index in [1.54, 1.807) is 7.11 Å². The van der Waals surface area contributed by atoms with Crippen LogP contribution in [0.15, 0.2) is 41.0 Å². The van der Waals surface area contributed by atoms with E-state index in [0.717, 1.165) is 42.5 Å². The first kappa shape index (κ1) is 15.7. The molecule has 3 aromatic rings. The van der Waals surface area contributed by atoms with Gasteiger partial charge in [-0.1, -0.05) is 28.1 Å². The standard InChI is InChI=1S/C19H20BrN3O/c1-24-18-7-5-15(20)14-4-6-16(19(14)18)21-9-8-12-2-3-13-11-22-23-17(13)10-12/h2-3,5,7,10-11,16,21H,4,6,8-9H2,1H3,(H,22,23). The van der Waals surface area contributed by atoms with Crippen molar-refractivity contribution in [3.8, 4) is 5.75 Å². The van der Waals surface area contributed by atoms with Crippen LogP contribution in [0, 0.1) is 0 Å². The molecule has 1 heterocycles. The maximum Gasteiger partial charge on any atom is 0.123 e. The zero-order chi connectivity index (χ0) is 16.5. The van der Waals surface area contributed by atoms with Crippen LogP contribution in [0.5, 0.6) is 5.75 Å². The number of nitrogens with one attached hydrogen (secondary N) is 2. The molecule has 1 aliphatic rings. The molecule has 0 bridgehead atoms. The summed E-state index contributed by atoms with van der Waals surface area (Å²) in [5.74, 6) is 0.988. The first-order chi connectivity index (χ1) is 11.8. The van der Waals surface area contributed by atoms with E-state index in [1.807, 2.05) is 6.20 Å². The highest BCUT2D eigenvalue weighted by Gasteiger charge is 2.27. The third-order valence-corrected chi connectivity index (χ3v) is 5.56. The normalized spacial score (nSPS) is 16.5. The summed E-state index contributed by atoms with van der Waals surface area (Å²) in [5.41, 5.74) is 5.12. The zero-order valence-electron chi connectivity index (χ0n) is 13.6. The highest BCUT2D eigenvalue weighted by atomic mass is 79.9. The molecule has 1 aromatic heterocycles. The van der Waals surface area contributed by atoms with Crippen molar-refractivity contribution in [2.45, 2.75) is 25.3 Å². The van der Waals surface area contributed by atoms with Crippen molar-refractivity contribution < 1.29 is 4.74 Å². The summed E-state index contributed by atoms with van der Waals surface area (Å²) in [6.45, 7) is 0.944. The largest absolute Gasteiger partial charge is 0.496 e. The molecule has 1 atom stereocenters. The molecule has 0 amide bonds. The summed E-state index contributed by atoms with van der Waals surface area (Å²) in [6.07, 6.45) is 5.06. The first-order valence-corrected chi connectivity index (χ1v) is 9.06. The highest BCUT2D eigenvalue weighted by Crippen LogP contribution is 2.41. The van der Waals surface area contributed by atoms with Gasteiger partial charge in [0.25, 0.3) is 0 Å². The molecule has 2 N–H and O–H groups in total. The predicted octanol–water partition coefficient (Wildman–Crippen LogP) is 4.15. The molecule has 2 aromatic carbocycles. The molecule has 5 heteroatoms. The Labute approximate surface area is 149 Å². The van der Waals surface area contributed by atoms with Crippen molar-refractivity contribution in [3.05, 3.63) is 57.7 Å². The van der Waals surface area contributed by atoms with Crippen LogP contribution in [-0.4, -0.2) is 23.9 Å². The van der Waals surface area contributed by atoms with E-state index in [4.69, 9.17) is 4.74 Å². The minimum atomic E-state index is 0.364. The molecule has 0 saturated carbocycles. The van der Waals surface area contributed by atoms with Gasteiger partial charge in [-0.3, -0.25) is 5.10 Å². The lowest BCUT2D eigenvalue weighted by molar-refractivity contribution is 0.401. The van der Waals surface area contributed by atoms with E-state index >= 15 is 0 Å². The Morgan fingerprint density at radius 3 is 3.12 bits per heavy atom. The maximum absolute atomic E-state index is 5.57. The second kappa shape index (κ2) is 6.57. The SMILES string of the molecule is COc1ccc(Br)c2c1C(NCCc1ccc3cn[nH]c3c1)CC2. The van der Waals surface area contributed by atoms with Crippen molar-refractivity contribution in [3.63, 3.8) is 0 Å². The molecule has 0 aliphatic heterocycles. The van der Waals surface area contributed by atoms with Gasteiger partial charge in [-0.05, 0) is 55.1 Å². The van der Waals surface area contributed by atoms with Crippen molar-refractivity contribution >= 4 is 26.8 Å². The number of benzene rings is 2. The number of aromatic nitrogens is 2. The summed E-state index contributed by atoms with van der Waals surface area (Å²) in [7, 11) is 1.75. The van der Waals surface area contributed by atoms with Crippen LogP contribution in [0.2, 0.25) is 0 Å². The van der Waals surface area contributed by atoms with Crippen LogP contribution < -0.4 is 10.1 Å².